The smallest absolute Gasteiger partial charge is 0.355 e. The summed E-state index contributed by atoms with van der Waals surface area (Å²) >= 11 is 0. The monoisotopic (exact) mass is 210 g/mol. The fraction of sp³-hybridized carbons (Fsp3) is 0.714. The van der Waals surface area contributed by atoms with E-state index in [1.54, 1.807) is 5.32 Å². The van der Waals surface area contributed by atoms with Gasteiger partial charge in [-0.2, -0.15) is 13.2 Å². The Kier molecular flexibility index (Phi) is 2.97. The molecule has 1 heterocycles. The van der Waals surface area contributed by atoms with Crippen LogP contribution in [0, 0.1) is 5.92 Å². The third-order valence-electron chi connectivity index (χ3n) is 1.81. The Hall–Kier alpha value is -1.27. The Bertz CT molecular complexity index is 252. The number of rotatable bonds is 2. The van der Waals surface area contributed by atoms with Crippen LogP contribution >= 0.6 is 0 Å². The molecule has 0 aromatic rings. The Balaban J connectivity index is 2.32. The summed E-state index contributed by atoms with van der Waals surface area (Å²) in [5.41, 5.74) is 0. The molecule has 1 aliphatic rings. The second-order valence-corrected chi connectivity index (χ2v) is 3.04. The van der Waals surface area contributed by atoms with Gasteiger partial charge >= 0.3 is 6.18 Å². The largest absolute Gasteiger partial charge is 0.405 e. The minimum atomic E-state index is -4.41. The molecule has 0 aliphatic carbocycles. The molecule has 1 unspecified atom stereocenters. The van der Waals surface area contributed by atoms with E-state index in [4.69, 9.17) is 0 Å². The highest BCUT2D eigenvalue weighted by molar-refractivity contribution is 5.89. The molecular weight excluding hydrogens is 201 g/mol. The first-order valence-electron chi connectivity index (χ1n) is 3.99. The number of carbonyl (C=O) groups is 2. The fourth-order valence-corrected chi connectivity index (χ4v) is 1.12. The second kappa shape index (κ2) is 3.85. The third kappa shape index (κ3) is 3.23. The number of hydrogen-bond donors (Lipinski definition) is 2. The van der Waals surface area contributed by atoms with Crippen LogP contribution in [-0.2, 0) is 9.59 Å². The highest BCUT2D eigenvalue weighted by Crippen LogP contribution is 2.14. The molecular formula is C7H9F3N2O2. The maximum atomic E-state index is 11.7. The van der Waals surface area contributed by atoms with E-state index in [2.05, 4.69) is 5.32 Å². The fourth-order valence-electron chi connectivity index (χ4n) is 1.12. The van der Waals surface area contributed by atoms with Gasteiger partial charge in [-0.15, -0.1) is 0 Å². The lowest BCUT2D eigenvalue weighted by atomic mass is 10.1. The van der Waals surface area contributed by atoms with Gasteiger partial charge in [-0.3, -0.25) is 9.59 Å². The van der Waals surface area contributed by atoms with Crippen molar-refractivity contribution in [1.29, 1.82) is 0 Å². The minimum Gasteiger partial charge on any atom is -0.355 e. The number of alkyl halides is 3. The van der Waals surface area contributed by atoms with Crippen molar-refractivity contribution in [3.63, 3.8) is 0 Å². The molecule has 1 saturated heterocycles. The van der Waals surface area contributed by atoms with Gasteiger partial charge in [0, 0.05) is 13.0 Å². The van der Waals surface area contributed by atoms with E-state index < -0.39 is 24.5 Å². The zero-order chi connectivity index (χ0) is 10.8. The van der Waals surface area contributed by atoms with Crippen LogP contribution in [-0.4, -0.2) is 31.1 Å². The highest BCUT2D eigenvalue weighted by Gasteiger charge is 2.32. The Labute approximate surface area is 77.8 Å². The summed E-state index contributed by atoms with van der Waals surface area (Å²) in [6, 6.07) is 0. The predicted molar refractivity (Wildman–Crippen MR) is 40.2 cm³/mol. The number of carbonyl (C=O) groups excluding carboxylic acids is 2. The number of amides is 2. The maximum absolute atomic E-state index is 11.7. The van der Waals surface area contributed by atoms with Crippen molar-refractivity contribution in [2.45, 2.75) is 12.6 Å². The van der Waals surface area contributed by atoms with Gasteiger partial charge in [0.15, 0.2) is 0 Å². The quantitative estimate of drug-likeness (QED) is 0.663. The van der Waals surface area contributed by atoms with Crippen molar-refractivity contribution in [3.05, 3.63) is 0 Å². The molecule has 0 spiro atoms. The molecule has 0 bridgehead atoms. The summed E-state index contributed by atoms with van der Waals surface area (Å²) in [6.07, 6.45) is -4.45. The van der Waals surface area contributed by atoms with Crippen LogP contribution in [0.15, 0.2) is 0 Å². The van der Waals surface area contributed by atoms with Gasteiger partial charge < -0.3 is 10.6 Å². The van der Waals surface area contributed by atoms with Crippen LogP contribution in [0.25, 0.3) is 0 Å². The van der Waals surface area contributed by atoms with Crippen molar-refractivity contribution in [1.82, 2.24) is 10.6 Å². The van der Waals surface area contributed by atoms with Crippen LogP contribution in [0.1, 0.15) is 6.42 Å². The van der Waals surface area contributed by atoms with Crippen molar-refractivity contribution < 1.29 is 22.8 Å². The standard InChI is InChI=1S/C7H9F3N2O2/c8-7(9,10)3-12-6(14)4-1-5(13)11-2-4/h4H,1-3H2,(H,11,13)(H,12,14). The van der Waals surface area contributed by atoms with Crippen molar-refractivity contribution in [2.24, 2.45) is 5.92 Å². The first kappa shape index (κ1) is 10.8. The van der Waals surface area contributed by atoms with Crippen LogP contribution in [0.4, 0.5) is 13.2 Å². The molecule has 2 amide bonds. The lowest BCUT2D eigenvalue weighted by molar-refractivity contribution is -0.140. The summed E-state index contributed by atoms with van der Waals surface area (Å²) in [7, 11) is 0. The summed E-state index contributed by atoms with van der Waals surface area (Å²) in [5, 5.41) is 4.10. The molecule has 4 nitrogen and oxygen atoms in total. The Morgan fingerprint density at radius 3 is 2.64 bits per heavy atom. The molecule has 1 aliphatic heterocycles. The van der Waals surface area contributed by atoms with Crippen LogP contribution in [0.3, 0.4) is 0 Å². The molecule has 1 fully saturated rings. The summed E-state index contributed by atoms with van der Waals surface area (Å²) in [4.78, 5) is 21.7. The molecule has 0 saturated carbocycles. The normalized spacial score (nSPS) is 21.9. The first-order valence-corrected chi connectivity index (χ1v) is 3.99. The van der Waals surface area contributed by atoms with E-state index in [9.17, 15) is 22.8 Å². The van der Waals surface area contributed by atoms with Crippen molar-refractivity contribution >= 4 is 11.8 Å². The number of hydrogen-bond acceptors (Lipinski definition) is 2. The zero-order valence-electron chi connectivity index (χ0n) is 7.15. The first-order chi connectivity index (χ1) is 6.38. The van der Waals surface area contributed by atoms with E-state index in [1.807, 2.05) is 0 Å². The molecule has 2 N–H and O–H groups in total. The van der Waals surface area contributed by atoms with Crippen LogP contribution < -0.4 is 10.6 Å². The third-order valence-corrected chi connectivity index (χ3v) is 1.81. The van der Waals surface area contributed by atoms with Crippen molar-refractivity contribution in [3.8, 4) is 0 Å². The van der Waals surface area contributed by atoms with Gasteiger partial charge in [0.05, 0.1) is 5.92 Å². The van der Waals surface area contributed by atoms with Gasteiger partial charge in [-0.25, -0.2) is 0 Å². The minimum absolute atomic E-state index is 0.0380. The molecule has 0 radical (unpaired) electrons. The second-order valence-electron chi connectivity index (χ2n) is 3.04. The van der Waals surface area contributed by atoms with Gasteiger partial charge in [0.1, 0.15) is 6.54 Å². The SMILES string of the molecule is O=C1CC(C(=O)NCC(F)(F)F)CN1. The molecule has 1 rings (SSSR count). The van der Waals surface area contributed by atoms with E-state index in [1.165, 1.54) is 0 Å². The number of halogens is 3. The van der Waals surface area contributed by atoms with E-state index in [0.29, 0.717) is 0 Å². The van der Waals surface area contributed by atoms with Crippen LogP contribution in [0.2, 0.25) is 0 Å². The lowest BCUT2D eigenvalue weighted by Crippen LogP contribution is -2.38. The average Bonchev–Trinajstić information content (AvgIpc) is 2.46. The molecule has 7 heteroatoms. The summed E-state index contributed by atoms with van der Waals surface area (Å²) in [6.45, 7) is -1.24. The Morgan fingerprint density at radius 1 is 1.57 bits per heavy atom. The van der Waals surface area contributed by atoms with E-state index >= 15 is 0 Å². The summed E-state index contributed by atoms with van der Waals surface area (Å²) < 4.78 is 35.0. The van der Waals surface area contributed by atoms with Crippen LogP contribution in [0.5, 0.6) is 0 Å². The lowest BCUT2D eigenvalue weighted by Gasteiger charge is -2.10. The molecule has 0 aromatic heterocycles. The maximum Gasteiger partial charge on any atom is 0.405 e. The van der Waals surface area contributed by atoms with Gasteiger partial charge in [-0.05, 0) is 0 Å². The van der Waals surface area contributed by atoms with Gasteiger partial charge in [0.25, 0.3) is 0 Å². The topological polar surface area (TPSA) is 58.2 Å². The molecule has 80 valence electrons. The average molecular weight is 210 g/mol. The van der Waals surface area contributed by atoms with E-state index in [0.717, 1.165) is 0 Å². The van der Waals surface area contributed by atoms with Crippen molar-refractivity contribution in [2.75, 3.05) is 13.1 Å². The highest BCUT2D eigenvalue weighted by atomic mass is 19.4. The number of nitrogens with one attached hydrogen (secondary N) is 2. The van der Waals surface area contributed by atoms with E-state index in [-0.39, 0.29) is 18.9 Å². The van der Waals surface area contributed by atoms with Gasteiger partial charge in [-0.1, -0.05) is 0 Å². The Morgan fingerprint density at radius 2 is 2.21 bits per heavy atom. The summed E-state index contributed by atoms with van der Waals surface area (Å²) in [5.74, 6) is -1.72. The molecule has 14 heavy (non-hydrogen) atoms. The molecule has 0 aromatic carbocycles. The van der Waals surface area contributed by atoms with Gasteiger partial charge in [0.2, 0.25) is 11.8 Å². The predicted octanol–water partition coefficient (Wildman–Crippen LogP) is -0.199. The molecule has 1 atom stereocenters. The zero-order valence-corrected chi connectivity index (χ0v) is 7.15.